The maximum Gasteiger partial charge on any atom is 0.325 e. The fourth-order valence-electron chi connectivity index (χ4n) is 2.19. The summed E-state index contributed by atoms with van der Waals surface area (Å²) in [6.45, 7) is 2.80. The van der Waals surface area contributed by atoms with Crippen LogP contribution in [0.1, 0.15) is 23.4 Å². The number of carboxylic acids is 1. The van der Waals surface area contributed by atoms with E-state index in [2.05, 4.69) is 0 Å². The van der Waals surface area contributed by atoms with Crippen molar-refractivity contribution in [1.82, 2.24) is 4.90 Å². The Bertz CT molecular complexity index is 388. The van der Waals surface area contributed by atoms with Crippen LogP contribution >= 0.6 is 11.3 Å². The van der Waals surface area contributed by atoms with Crippen LogP contribution < -0.4 is 0 Å². The Morgan fingerprint density at radius 3 is 3.12 bits per heavy atom. The van der Waals surface area contributed by atoms with Crippen molar-refractivity contribution in [2.45, 2.75) is 25.5 Å². The highest BCUT2D eigenvalue weighted by Crippen LogP contribution is 2.33. The van der Waals surface area contributed by atoms with Gasteiger partial charge in [-0.1, -0.05) is 0 Å². The van der Waals surface area contributed by atoms with E-state index < -0.39 is 18.1 Å². The molecule has 0 saturated heterocycles. The third kappa shape index (κ3) is 2.11. The van der Waals surface area contributed by atoms with Crippen LogP contribution in [0.3, 0.4) is 0 Å². The molecule has 88 valence electrons. The summed E-state index contributed by atoms with van der Waals surface area (Å²) in [4.78, 5) is 14.3. The first-order chi connectivity index (χ1) is 7.59. The molecule has 16 heavy (non-hydrogen) atoms. The van der Waals surface area contributed by atoms with Gasteiger partial charge in [-0.15, -0.1) is 11.3 Å². The van der Waals surface area contributed by atoms with Gasteiger partial charge in [0.25, 0.3) is 0 Å². The van der Waals surface area contributed by atoms with Crippen molar-refractivity contribution in [3.63, 3.8) is 0 Å². The van der Waals surface area contributed by atoms with E-state index in [0.717, 1.165) is 16.9 Å². The van der Waals surface area contributed by atoms with Crippen molar-refractivity contribution in [2.75, 3.05) is 13.1 Å². The molecule has 0 aliphatic carbocycles. The van der Waals surface area contributed by atoms with Crippen LogP contribution in [0.15, 0.2) is 11.4 Å². The molecule has 0 bridgehead atoms. The minimum absolute atomic E-state index is 0.409. The molecule has 2 N–H and O–H groups in total. The summed E-state index contributed by atoms with van der Waals surface area (Å²) in [5, 5.41) is 20.6. The maximum atomic E-state index is 11.3. The molecule has 1 aliphatic rings. The number of nitrogens with zero attached hydrogens (tertiary/aromatic N) is 1. The minimum atomic E-state index is -0.833. The molecule has 0 fully saturated rings. The van der Waals surface area contributed by atoms with Gasteiger partial charge in [-0.25, -0.2) is 0 Å². The summed E-state index contributed by atoms with van der Waals surface area (Å²) in [6.07, 6.45) is 0.380. The summed E-state index contributed by atoms with van der Waals surface area (Å²) < 4.78 is 0. The molecule has 0 aromatic carbocycles. The lowest BCUT2D eigenvalue weighted by Crippen LogP contribution is -2.42. The van der Waals surface area contributed by atoms with E-state index in [1.54, 1.807) is 18.3 Å². The van der Waals surface area contributed by atoms with Crippen molar-refractivity contribution in [3.05, 3.63) is 21.9 Å². The second-order valence-corrected chi connectivity index (χ2v) is 5.13. The quantitative estimate of drug-likeness (QED) is 0.832. The summed E-state index contributed by atoms with van der Waals surface area (Å²) in [5.74, 6) is -0.833. The topological polar surface area (TPSA) is 60.8 Å². The molecule has 0 spiro atoms. The number of carboxylic acid groups (broad SMARTS) is 1. The molecule has 0 amide bonds. The number of aliphatic carboxylic acids is 1. The normalized spacial score (nSPS) is 22.8. The minimum Gasteiger partial charge on any atom is -0.480 e. The Balaban J connectivity index is 2.27. The van der Waals surface area contributed by atoms with E-state index >= 15 is 0 Å². The molecule has 4 nitrogen and oxygen atoms in total. The number of aliphatic hydroxyl groups is 1. The zero-order valence-corrected chi connectivity index (χ0v) is 9.91. The third-order valence-electron chi connectivity index (χ3n) is 2.80. The zero-order chi connectivity index (χ0) is 11.7. The van der Waals surface area contributed by atoms with Crippen LogP contribution in [0.4, 0.5) is 0 Å². The first-order valence-electron chi connectivity index (χ1n) is 5.30. The standard InChI is InChI=1S/C11H15NO3S/c1-7(13)6-12-4-2-9-8(3-5-16-9)10(12)11(14)15/h3,5,7,10,13H,2,4,6H2,1H3,(H,14,15). The Hall–Kier alpha value is -0.910. The summed E-state index contributed by atoms with van der Waals surface area (Å²) in [6, 6.07) is 1.29. The third-order valence-corrected chi connectivity index (χ3v) is 3.79. The predicted molar refractivity (Wildman–Crippen MR) is 61.7 cm³/mol. The van der Waals surface area contributed by atoms with E-state index in [1.165, 1.54) is 0 Å². The van der Waals surface area contributed by atoms with Crippen LogP contribution in [0.25, 0.3) is 0 Å². The van der Waals surface area contributed by atoms with Crippen molar-refractivity contribution in [2.24, 2.45) is 0 Å². The number of hydrogen-bond donors (Lipinski definition) is 2. The molecular formula is C11H15NO3S. The van der Waals surface area contributed by atoms with Gasteiger partial charge in [-0.05, 0) is 30.4 Å². The van der Waals surface area contributed by atoms with E-state index in [4.69, 9.17) is 0 Å². The summed E-state index contributed by atoms with van der Waals surface area (Å²) in [5.41, 5.74) is 0.893. The Labute approximate surface area is 98.1 Å². The van der Waals surface area contributed by atoms with Crippen molar-refractivity contribution in [3.8, 4) is 0 Å². The Morgan fingerprint density at radius 1 is 1.75 bits per heavy atom. The van der Waals surface area contributed by atoms with Gasteiger partial charge in [0.05, 0.1) is 6.10 Å². The van der Waals surface area contributed by atoms with E-state index in [-0.39, 0.29) is 0 Å². The molecule has 1 aromatic heterocycles. The molecule has 5 heteroatoms. The zero-order valence-electron chi connectivity index (χ0n) is 9.09. The molecular weight excluding hydrogens is 226 g/mol. The second-order valence-electron chi connectivity index (χ2n) is 4.13. The Kier molecular flexibility index (Phi) is 3.28. The molecule has 1 aromatic rings. The van der Waals surface area contributed by atoms with Crippen LogP contribution in [-0.4, -0.2) is 40.3 Å². The Morgan fingerprint density at radius 2 is 2.50 bits per heavy atom. The lowest BCUT2D eigenvalue weighted by atomic mass is 10.00. The largest absolute Gasteiger partial charge is 0.480 e. The lowest BCUT2D eigenvalue weighted by molar-refractivity contribution is -0.144. The number of carbonyl (C=O) groups is 1. The van der Waals surface area contributed by atoms with Crippen LogP contribution in [0.5, 0.6) is 0 Å². The average Bonchev–Trinajstić information content (AvgIpc) is 2.63. The number of β-amino-alcohol motifs (C(OH)–C–C–N with tert-alkyl or cyclic N) is 1. The molecule has 2 unspecified atom stereocenters. The number of aliphatic hydroxyl groups excluding tert-OH is 1. The van der Waals surface area contributed by atoms with E-state index in [1.807, 2.05) is 16.3 Å². The van der Waals surface area contributed by atoms with Gasteiger partial charge in [-0.2, -0.15) is 0 Å². The molecule has 0 saturated carbocycles. The predicted octanol–water partition coefficient (Wildman–Crippen LogP) is 1.11. The molecule has 2 rings (SSSR count). The lowest BCUT2D eigenvalue weighted by Gasteiger charge is -2.33. The highest BCUT2D eigenvalue weighted by Gasteiger charge is 2.33. The van der Waals surface area contributed by atoms with E-state index in [0.29, 0.717) is 13.1 Å². The van der Waals surface area contributed by atoms with Crippen molar-refractivity contribution >= 4 is 17.3 Å². The van der Waals surface area contributed by atoms with Crippen LogP contribution in [-0.2, 0) is 11.2 Å². The molecule has 2 atom stereocenters. The molecule has 0 radical (unpaired) electrons. The smallest absolute Gasteiger partial charge is 0.325 e. The molecule has 1 aliphatic heterocycles. The van der Waals surface area contributed by atoms with Gasteiger partial charge in [0.1, 0.15) is 6.04 Å². The van der Waals surface area contributed by atoms with Crippen LogP contribution in [0.2, 0.25) is 0 Å². The summed E-state index contributed by atoms with van der Waals surface area (Å²) in [7, 11) is 0. The highest BCUT2D eigenvalue weighted by atomic mass is 32.1. The fourth-order valence-corrected chi connectivity index (χ4v) is 3.10. The number of thiophene rings is 1. The molecule has 2 heterocycles. The SMILES string of the molecule is CC(O)CN1CCc2sccc2C1C(=O)O. The fraction of sp³-hybridized carbons (Fsp3) is 0.545. The van der Waals surface area contributed by atoms with Gasteiger partial charge >= 0.3 is 5.97 Å². The first-order valence-corrected chi connectivity index (χ1v) is 6.18. The number of fused-ring (bicyclic) bond motifs is 1. The van der Waals surface area contributed by atoms with Gasteiger partial charge < -0.3 is 10.2 Å². The van der Waals surface area contributed by atoms with Crippen molar-refractivity contribution < 1.29 is 15.0 Å². The highest BCUT2D eigenvalue weighted by molar-refractivity contribution is 7.10. The van der Waals surface area contributed by atoms with E-state index in [9.17, 15) is 15.0 Å². The second kappa shape index (κ2) is 4.53. The van der Waals surface area contributed by atoms with Crippen molar-refractivity contribution in [1.29, 1.82) is 0 Å². The average molecular weight is 241 g/mol. The number of hydrogen-bond acceptors (Lipinski definition) is 4. The van der Waals surface area contributed by atoms with Crippen LogP contribution in [0, 0.1) is 0 Å². The maximum absolute atomic E-state index is 11.3. The first kappa shape index (κ1) is 11.6. The van der Waals surface area contributed by atoms with Gasteiger partial charge in [-0.3, -0.25) is 9.69 Å². The summed E-state index contributed by atoms with van der Waals surface area (Å²) >= 11 is 1.61. The monoisotopic (exact) mass is 241 g/mol. The number of rotatable bonds is 3. The van der Waals surface area contributed by atoms with Gasteiger partial charge in [0.2, 0.25) is 0 Å². The van der Waals surface area contributed by atoms with Gasteiger partial charge in [0.15, 0.2) is 0 Å². The van der Waals surface area contributed by atoms with Gasteiger partial charge in [0, 0.05) is 18.0 Å².